The Kier molecular flexibility index (Phi) is 6.53. The summed E-state index contributed by atoms with van der Waals surface area (Å²) in [5.41, 5.74) is 4.17. The van der Waals surface area contributed by atoms with E-state index in [-0.39, 0.29) is 6.03 Å². The Morgan fingerprint density at radius 1 is 1.23 bits per heavy atom. The minimum Gasteiger partial charge on any atom is -0.383 e. The molecule has 7 nitrogen and oxygen atoms in total. The topological polar surface area (TPSA) is 78.0 Å². The van der Waals surface area contributed by atoms with Crippen LogP contribution in [0.4, 0.5) is 10.5 Å². The quantitative estimate of drug-likeness (QED) is 0.649. The highest BCUT2D eigenvalue weighted by molar-refractivity contribution is 6.04. The van der Waals surface area contributed by atoms with E-state index >= 15 is 0 Å². The number of ether oxygens (including phenoxy) is 1. The van der Waals surface area contributed by atoms with Gasteiger partial charge in [-0.3, -0.25) is 10.3 Å². The Morgan fingerprint density at radius 3 is 2.84 bits per heavy atom. The SMILES string of the molecule is COCCN=C1Nc2ccccc2CNC12CCN(C(=O)NCc1ccc(C)cc1)C2. The largest absolute Gasteiger partial charge is 0.383 e. The number of methoxy groups -OCH3 is 1. The van der Waals surface area contributed by atoms with Gasteiger partial charge in [0.1, 0.15) is 5.84 Å². The lowest BCUT2D eigenvalue weighted by Crippen LogP contribution is -2.56. The third kappa shape index (κ3) is 4.89. The van der Waals surface area contributed by atoms with Crippen LogP contribution in [0.1, 0.15) is 23.1 Å². The van der Waals surface area contributed by atoms with Gasteiger partial charge in [-0.25, -0.2) is 4.79 Å². The number of carbonyl (C=O) groups is 1. The Hall–Kier alpha value is -2.90. The minimum absolute atomic E-state index is 0.0442. The smallest absolute Gasteiger partial charge is 0.317 e. The average Bonchev–Trinajstić information content (AvgIpc) is 3.16. The fraction of sp³-hybridized carbons (Fsp3) is 0.417. The number of carbonyl (C=O) groups excluding carboxylic acids is 1. The highest BCUT2D eigenvalue weighted by Crippen LogP contribution is 2.29. The Bertz CT molecular complexity index is 943. The molecule has 1 unspecified atom stereocenters. The van der Waals surface area contributed by atoms with Crippen molar-refractivity contribution in [2.75, 3.05) is 38.7 Å². The van der Waals surface area contributed by atoms with Gasteiger partial charge < -0.3 is 20.3 Å². The second kappa shape index (κ2) is 9.49. The number of hydrogen-bond acceptors (Lipinski definition) is 4. The minimum atomic E-state index is -0.395. The summed E-state index contributed by atoms with van der Waals surface area (Å²) in [6.07, 6.45) is 0.803. The van der Waals surface area contributed by atoms with E-state index in [0.29, 0.717) is 32.8 Å². The van der Waals surface area contributed by atoms with Gasteiger partial charge in [0.15, 0.2) is 0 Å². The molecule has 3 N–H and O–H groups in total. The first kappa shape index (κ1) is 21.3. The highest BCUT2D eigenvalue weighted by Gasteiger charge is 2.45. The highest BCUT2D eigenvalue weighted by atomic mass is 16.5. The number of fused-ring (bicyclic) bond motifs is 1. The van der Waals surface area contributed by atoms with Gasteiger partial charge in [0, 0.05) is 39.0 Å². The summed E-state index contributed by atoms with van der Waals surface area (Å²) in [6, 6.07) is 16.4. The first-order chi connectivity index (χ1) is 15.1. The van der Waals surface area contributed by atoms with E-state index in [1.807, 2.05) is 17.0 Å². The van der Waals surface area contributed by atoms with Crippen LogP contribution >= 0.6 is 0 Å². The zero-order valence-corrected chi connectivity index (χ0v) is 18.3. The van der Waals surface area contributed by atoms with E-state index in [1.54, 1.807) is 7.11 Å². The average molecular weight is 422 g/mol. The molecular weight excluding hydrogens is 390 g/mol. The molecule has 2 aromatic carbocycles. The number of hydrogen-bond donors (Lipinski definition) is 3. The number of urea groups is 1. The van der Waals surface area contributed by atoms with E-state index in [1.165, 1.54) is 11.1 Å². The van der Waals surface area contributed by atoms with E-state index < -0.39 is 5.54 Å². The summed E-state index contributed by atoms with van der Waals surface area (Å²) in [4.78, 5) is 19.6. The fourth-order valence-electron chi connectivity index (χ4n) is 4.15. The van der Waals surface area contributed by atoms with Crippen molar-refractivity contribution in [1.82, 2.24) is 15.5 Å². The molecule has 1 atom stereocenters. The van der Waals surface area contributed by atoms with Crippen LogP contribution in [0.25, 0.3) is 0 Å². The predicted molar refractivity (Wildman–Crippen MR) is 123 cm³/mol. The van der Waals surface area contributed by atoms with E-state index in [9.17, 15) is 4.79 Å². The van der Waals surface area contributed by atoms with Crippen molar-refractivity contribution < 1.29 is 9.53 Å². The van der Waals surface area contributed by atoms with Gasteiger partial charge >= 0.3 is 6.03 Å². The monoisotopic (exact) mass is 421 g/mol. The van der Waals surface area contributed by atoms with Crippen LogP contribution in [0.2, 0.25) is 0 Å². The van der Waals surface area contributed by atoms with Crippen molar-refractivity contribution in [1.29, 1.82) is 0 Å². The maximum absolute atomic E-state index is 12.9. The number of anilines is 1. The molecule has 0 saturated carbocycles. The second-order valence-electron chi connectivity index (χ2n) is 8.26. The van der Waals surface area contributed by atoms with Crippen LogP contribution in [0, 0.1) is 6.92 Å². The molecule has 2 amide bonds. The molecule has 1 spiro atoms. The van der Waals surface area contributed by atoms with Gasteiger partial charge in [-0.15, -0.1) is 0 Å². The first-order valence-electron chi connectivity index (χ1n) is 10.8. The van der Waals surface area contributed by atoms with Crippen LogP contribution < -0.4 is 16.0 Å². The second-order valence-corrected chi connectivity index (χ2v) is 8.26. The number of aliphatic imine (C=N–C) groups is 1. The number of benzene rings is 2. The van der Waals surface area contributed by atoms with E-state index in [2.05, 4.69) is 59.3 Å². The zero-order valence-electron chi connectivity index (χ0n) is 18.3. The number of aryl methyl sites for hydroxylation is 1. The summed E-state index contributed by atoms with van der Waals surface area (Å²) in [5, 5.41) is 10.3. The molecule has 0 bridgehead atoms. The first-order valence-corrected chi connectivity index (χ1v) is 10.8. The Morgan fingerprint density at radius 2 is 2.03 bits per heavy atom. The van der Waals surface area contributed by atoms with E-state index in [4.69, 9.17) is 9.73 Å². The van der Waals surface area contributed by atoms with Crippen molar-refractivity contribution in [3.8, 4) is 0 Å². The Labute approximate surface area is 183 Å². The lowest BCUT2D eigenvalue weighted by molar-refractivity contribution is 0.205. The van der Waals surface area contributed by atoms with Crippen molar-refractivity contribution in [3.05, 3.63) is 65.2 Å². The fourth-order valence-corrected chi connectivity index (χ4v) is 4.15. The molecule has 0 radical (unpaired) electrons. The molecule has 0 aliphatic carbocycles. The van der Waals surface area contributed by atoms with Gasteiger partial charge in [-0.2, -0.15) is 0 Å². The molecule has 2 aromatic rings. The standard InChI is InChI=1S/C24H31N5O2/c1-18-7-9-19(10-8-18)15-26-23(30)29-13-11-24(17-29)22(25-12-14-31-2)28-21-6-4-3-5-20(21)16-27-24/h3-10,27H,11-17H2,1-2H3,(H,25,28)(H,26,30). The molecule has 1 fully saturated rings. The van der Waals surface area contributed by atoms with E-state index in [0.717, 1.165) is 30.1 Å². The number of amides is 2. The maximum Gasteiger partial charge on any atom is 0.317 e. The van der Waals surface area contributed by atoms with Gasteiger partial charge in [0.2, 0.25) is 0 Å². The summed E-state index contributed by atoms with van der Waals surface area (Å²) in [5.74, 6) is 0.878. The number of likely N-dealkylation sites (tertiary alicyclic amines) is 1. The molecule has 164 valence electrons. The molecule has 2 aliphatic rings. The third-order valence-corrected chi connectivity index (χ3v) is 6.03. The summed E-state index contributed by atoms with van der Waals surface area (Å²) in [6.45, 7) is 5.69. The van der Waals surface area contributed by atoms with Crippen LogP contribution in [0.15, 0.2) is 53.5 Å². The van der Waals surface area contributed by atoms with Crippen molar-refractivity contribution >= 4 is 17.6 Å². The molecule has 2 aliphatic heterocycles. The normalized spacial score (nSPS) is 21.6. The molecule has 1 saturated heterocycles. The number of nitrogens with one attached hydrogen (secondary N) is 3. The molecule has 0 aromatic heterocycles. The Balaban J connectivity index is 1.47. The van der Waals surface area contributed by atoms with Crippen LogP contribution in [0.3, 0.4) is 0 Å². The van der Waals surface area contributed by atoms with Crippen LogP contribution in [-0.4, -0.2) is 55.7 Å². The van der Waals surface area contributed by atoms with Gasteiger partial charge in [0.05, 0.1) is 18.7 Å². The van der Waals surface area contributed by atoms with Crippen LogP contribution in [0.5, 0.6) is 0 Å². The molecule has 31 heavy (non-hydrogen) atoms. The van der Waals surface area contributed by atoms with Gasteiger partial charge in [-0.1, -0.05) is 48.0 Å². The summed E-state index contributed by atoms with van der Waals surface area (Å²) >= 11 is 0. The molecular formula is C24H31N5O2. The molecule has 4 rings (SSSR count). The lowest BCUT2D eigenvalue weighted by atomic mass is 9.96. The summed E-state index contributed by atoms with van der Waals surface area (Å²) < 4.78 is 5.20. The summed E-state index contributed by atoms with van der Waals surface area (Å²) in [7, 11) is 1.68. The number of para-hydroxylation sites is 1. The van der Waals surface area contributed by atoms with Crippen molar-refractivity contribution in [3.63, 3.8) is 0 Å². The van der Waals surface area contributed by atoms with Crippen LogP contribution in [-0.2, 0) is 17.8 Å². The van der Waals surface area contributed by atoms with Gasteiger partial charge in [0.25, 0.3) is 0 Å². The number of rotatable bonds is 5. The maximum atomic E-state index is 12.9. The lowest BCUT2D eigenvalue weighted by Gasteiger charge is -2.30. The molecule has 7 heteroatoms. The zero-order chi connectivity index (χ0) is 21.7. The number of amidine groups is 1. The van der Waals surface area contributed by atoms with Crippen molar-refractivity contribution in [2.45, 2.75) is 32.0 Å². The predicted octanol–water partition coefficient (Wildman–Crippen LogP) is 2.91. The van der Waals surface area contributed by atoms with Crippen molar-refractivity contribution in [2.24, 2.45) is 4.99 Å². The van der Waals surface area contributed by atoms with Gasteiger partial charge in [-0.05, 0) is 30.5 Å². The third-order valence-electron chi connectivity index (χ3n) is 6.03. The molecule has 2 heterocycles. The number of nitrogens with zero attached hydrogens (tertiary/aromatic N) is 2.